The zero-order chi connectivity index (χ0) is 17.9. The molecule has 3 atom stereocenters. The molecule has 3 unspecified atom stereocenters. The van der Waals surface area contributed by atoms with Crippen LogP contribution < -0.4 is 15.4 Å². The lowest BCUT2D eigenvalue weighted by atomic mass is 9.93. The van der Waals surface area contributed by atoms with Gasteiger partial charge in [0, 0.05) is 25.2 Å². The topological polar surface area (TPSA) is 42.5 Å². The van der Waals surface area contributed by atoms with Gasteiger partial charge in [0.1, 0.15) is 5.75 Å². The van der Waals surface area contributed by atoms with E-state index < -0.39 is 11.7 Å². The van der Waals surface area contributed by atoms with E-state index in [1.54, 1.807) is 6.07 Å². The fourth-order valence-corrected chi connectivity index (χ4v) is 3.93. The van der Waals surface area contributed by atoms with Crippen LogP contribution in [0.1, 0.15) is 30.4 Å². The molecule has 0 radical (unpaired) electrons. The molecule has 4 nitrogen and oxygen atoms in total. The minimum Gasteiger partial charge on any atom is -0.497 e. The summed E-state index contributed by atoms with van der Waals surface area (Å²) in [6.45, 7) is 2.44. The predicted octanol–water partition coefficient (Wildman–Crippen LogP) is 2.96. The minimum atomic E-state index is -4.39. The number of hydrogen-bond donors (Lipinski definition) is 2. The van der Waals surface area contributed by atoms with Gasteiger partial charge in [-0.2, -0.15) is 13.2 Å². The lowest BCUT2D eigenvalue weighted by molar-refractivity contribution is -0.138. The Morgan fingerprint density at radius 2 is 2.16 bits per heavy atom. The molecule has 2 fully saturated rings. The first-order valence-corrected chi connectivity index (χ1v) is 8.77. The average molecular weight is 358 g/mol. The number of morpholine rings is 1. The van der Waals surface area contributed by atoms with Crippen LogP contribution in [0.25, 0.3) is 0 Å². The Hall–Kier alpha value is -1.31. The quantitative estimate of drug-likeness (QED) is 0.849. The second kappa shape index (κ2) is 7.93. The van der Waals surface area contributed by atoms with Gasteiger partial charge in [-0.1, -0.05) is 12.5 Å². The Morgan fingerprint density at radius 1 is 1.32 bits per heavy atom. The Balaban J connectivity index is 1.68. The number of methoxy groups -OCH3 is 1. The van der Waals surface area contributed by atoms with E-state index in [-0.39, 0.29) is 29.9 Å². The predicted molar refractivity (Wildman–Crippen MR) is 88.6 cm³/mol. The van der Waals surface area contributed by atoms with Crippen molar-refractivity contribution in [3.63, 3.8) is 0 Å². The van der Waals surface area contributed by atoms with E-state index in [0.717, 1.165) is 38.5 Å². The number of benzene rings is 1. The van der Waals surface area contributed by atoms with Crippen LogP contribution in [0.15, 0.2) is 18.2 Å². The van der Waals surface area contributed by atoms with E-state index in [0.29, 0.717) is 12.5 Å². The smallest absolute Gasteiger partial charge is 0.416 e. The van der Waals surface area contributed by atoms with E-state index in [1.165, 1.54) is 13.2 Å². The molecule has 0 bridgehead atoms. The molecule has 3 rings (SSSR count). The van der Waals surface area contributed by atoms with Crippen LogP contribution in [0, 0.1) is 5.92 Å². The molecule has 0 amide bonds. The number of hydrogen-bond acceptors (Lipinski definition) is 4. The summed E-state index contributed by atoms with van der Waals surface area (Å²) in [7, 11) is 1.37. The van der Waals surface area contributed by atoms with Crippen molar-refractivity contribution >= 4 is 0 Å². The highest BCUT2D eigenvalue weighted by Crippen LogP contribution is 2.35. The van der Waals surface area contributed by atoms with Crippen molar-refractivity contribution in [3.05, 3.63) is 29.3 Å². The molecule has 1 heterocycles. The summed E-state index contributed by atoms with van der Waals surface area (Å²) in [4.78, 5) is 0. The number of alkyl halides is 3. The fraction of sp³-hybridized carbons (Fsp3) is 0.667. The number of nitrogens with one attached hydrogen (secondary N) is 2. The molecule has 140 valence electrons. The molecular weight excluding hydrogens is 333 g/mol. The second-order valence-corrected chi connectivity index (χ2v) is 6.74. The van der Waals surface area contributed by atoms with Crippen LogP contribution in [0.4, 0.5) is 13.2 Å². The Labute approximate surface area is 146 Å². The fourth-order valence-electron chi connectivity index (χ4n) is 3.93. The summed E-state index contributed by atoms with van der Waals surface area (Å²) in [5, 5.41) is 6.84. The van der Waals surface area contributed by atoms with Crippen molar-refractivity contribution in [2.24, 2.45) is 5.92 Å². The molecule has 1 aromatic carbocycles. The monoisotopic (exact) mass is 358 g/mol. The SMILES string of the molecule is COc1ccc(CNC2CCCC2C2COCCN2)c(C(F)(F)F)c1. The molecule has 0 aromatic heterocycles. The average Bonchev–Trinajstić information content (AvgIpc) is 3.08. The minimum absolute atomic E-state index is 0.202. The highest BCUT2D eigenvalue weighted by atomic mass is 19.4. The first kappa shape index (κ1) is 18.5. The molecule has 1 aromatic rings. The van der Waals surface area contributed by atoms with Gasteiger partial charge in [-0.25, -0.2) is 0 Å². The van der Waals surface area contributed by atoms with Gasteiger partial charge in [0.15, 0.2) is 0 Å². The second-order valence-electron chi connectivity index (χ2n) is 6.74. The Bertz CT molecular complexity index is 574. The summed E-state index contributed by atoms with van der Waals surface area (Å²) in [5.41, 5.74) is -0.375. The summed E-state index contributed by atoms with van der Waals surface area (Å²) in [6.07, 6.45) is -1.23. The molecular formula is C18H25F3N2O2. The van der Waals surface area contributed by atoms with Gasteiger partial charge in [0.05, 0.1) is 25.9 Å². The third-order valence-corrected chi connectivity index (χ3v) is 5.21. The van der Waals surface area contributed by atoms with E-state index in [2.05, 4.69) is 10.6 Å². The highest BCUT2D eigenvalue weighted by molar-refractivity contribution is 5.37. The first-order valence-electron chi connectivity index (χ1n) is 8.77. The van der Waals surface area contributed by atoms with Crippen molar-refractivity contribution in [1.82, 2.24) is 10.6 Å². The van der Waals surface area contributed by atoms with E-state index >= 15 is 0 Å². The van der Waals surface area contributed by atoms with Gasteiger partial charge in [-0.3, -0.25) is 0 Å². The number of ether oxygens (including phenoxy) is 2. The standard InChI is InChI=1S/C18H25F3N2O2/c1-24-13-6-5-12(15(9-13)18(19,20)21)10-23-16-4-2-3-14(16)17-11-25-8-7-22-17/h5-6,9,14,16-17,22-23H,2-4,7-8,10-11H2,1H3. The Kier molecular flexibility index (Phi) is 5.86. The van der Waals surface area contributed by atoms with Crippen LogP contribution in [-0.2, 0) is 17.5 Å². The zero-order valence-corrected chi connectivity index (χ0v) is 14.4. The van der Waals surface area contributed by atoms with Crippen LogP contribution in [0.5, 0.6) is 5.75 Å². The van der Waals surface area contributed by atoms with Gasteiger partial charge < -0.3 is 20.1 Å². The lowest BCUT2D eigenvalue weighted by Crippen LogP contribution is -2.50. The van der Waals surface area contributed by atoms with E-state index in [9.17, 15) is 13.2 Å². The third kappa shape index (κ3) is 4.46. The number of halogens is 3. The number of rotatable bonds is 5. The van der Waals surface area contributed by atoms with Gasteiger partial charge in [-0.05, 0) is 36.5 Å². The van der Waals surface area contributed by atoms with Gasteiger partial charge in [0.2, 0.25) is 0 Å². The molecule has 2 aliphatic rings. The molecule has 25 heavy (non-hydrogen) atoms. The molecule has 1 aliphatic carbocycles. The molecule has 7 heteroatoms. The molecule has 1 saturated carbocycles. The van der Waals surface area contributed by atoms with Crippen molar-refractivity contribution < 1.29 is 22.6 Å². The van der Waals surface area contributed by atoms with Crippen LogP contribution in [0.2, 0.25) is 0 Å². The van der Waals surface area contributed by atoms with Crippen LogP contribution in [0.3, 0.4) is 0 Å². The maximum Gasteiger partial charge on any atom is 0.416 e. The van der Waals surface area contributed by atoms with Crippen molar-refractivity contribution in [1.29, 1.82) is 0 Å². The summed E-state index contributed by atoms with van der Waals surface area (Å²) < 4.78 is 50.4. The van der Waals surface area contributed by atoms with Gasteiger partial charge in [0.25, 0.3) is 0 Å². The zero-order valence-electron chi connectivity index (χ0n) is 14.4. The molecule has 1 aliphatic heterocycles. The lowest BCUT2D eigenvalue weighted by Gasteiger charge is -2.33. The van der Waals surface area contributed by atoms with Gasteiger partial charge >= 0.3 is 6.18 Å². The molecule has 2 N–H and O–H groups in total. The first-order chi connectivity index (χ1) is 12.0. The third-order valence-electron chi connectivity index (χ3n) is 5.21. The Morgan fingerprint density at radius 3 is 2.84 bits per heavy atom. The van der Waals surface area contributed by atoms with E-state index in [4.69, 9.17) is 9.47 Å². The molecule has 1 saturated heterocycles. The van der Waals surface area contributed by atoms with Crippen molar-refractivity contribution in [2.75, 3.05) is 26.9 Å². The van der Waals surface area contributed by atoms with Gasteiger partial charge in [-0.15, -0.1) is 0 Å². The largest absolute Gasteiger partial charge is 0.497 e. The maximum atomic E-state index is 13.3. The van der Waals surface area contributed by atoms with E-state index in [1.807, 2.05) is 0 Å². The maximum absolute atomic E-state index is 13.3. The molecule has 0 spiro atoms. The van der Waals surface area contributed by atoms with Crippen molar-refractivity contribution in [3.8, 4) is 5.75 Å². The van der Waals surface area contributed by atoms with Crippen LogP contribution >= 0.6 is 0 Å². The van der Waals surface area contributed by atoms with Crippen LogP contribution in [-0.4, -0.2) is 39.0 Å². The summed E-state index contributed by atoms with van der Waals surface area (Å²) >= 11 is 0. The summed E-state index contributed by atoms with van der Waals surface area (Å²) in [5.74, 6) is 0.617. The summed E-state index contributed by atoms with van der Waals surface area (Å²) in [6, 6.07) is 4.64. The van der Waals surface area contributed by atoms with Crippen molar-refractivity contribution in [2.45, 2.75) is 44.1 Å². The highest BCUT2D eigenvalue weighted by Gasteiger charge is 2.36. The normalized spacial score (nSPS) is 27.4.